The smallest absolute Gasteiger partial charge is 0.0596 e. The van der Waals surface area contributed by atoms with Crippen molar-refractivity contribution >= 4 is 0 Å². The number of hydrogen-bond donors (Lipinski definition) is 1. The first kappa shape index (κ1) is 7.07. The lowest BCUT2D eigenvalue weighted by Crippen LogP contribution is -2.46. The van der Waals surface area contributed by atoms with Crippen LogP contribution in [0.15, 0.2) is 0 Å². The fourth-order valence-electron chi connectivity index (χ4n) is 1.40. The van der Waals surface area contributed by atoms with Gasteiger partial charge in [-0.3, -0.25) is 0 Å². The van der Waals surface area contributed by atoms with E-state index < -0.39 is 0 Å². The van der Waals surface area contributed by atoms with E-state index >= 15 is 0 Å². The molecule has 0 saturated heterocycles. The van der Waals surface area contributed by atoms with Crippen LogP contribution >= 0.6 is 0 Å². The Morgan fingerprint density at radius 3 is 2.11 bits per heavy atom. The average Bonchev–Trinajstić information content (AvgIpc) is 1.82. The van der Waals surface area contributed by atoms with E-state index in [4.69, 9.17) is 0 Å². The van der Waals surface area contributed by atoms with E-state index in [0.29, 0.717) is 5.92 Å². The largest absolute Gasteiger partial charge is 0.393 e. The molecule has 0 bridgehead atoms. The van der Waals surface area contributed by atoms with E-state index in [0.717, 1.165) is 6.42 Å². The van der Waals surface area contributed by atoms with Gasteiger partial charge in [0.1, 0.15) is 0 Å². The van der Waals surface area contributed by atoms with Crippen molar-refractivity contribution in [2.24, 2.45) is 11.3 Å². The molecule has 0 heterocycles. The minimum absolute atomic E-state index is 0.0301. The normalized spacial score (nSPS) is 43.0. The highest BCUT2D eigenvalue weighted by Gasteiger charge is 2.43. The highest BCUT2D eigenvalue weighted by molar-refractivity contribution is 4.93. The predicted molar refractivity (Wildman–Crippen MR) is 38.2 cm³/mol. The summed E-state index contributed by atoms with van der Waals surface area (Å²) in [5.74, 6) is 0.626. The summed E-state index contributed by atoms with van der Waals surface area (Å²) in [6.07, 6.45) is 2.18. The zero-order valence-electron chi connectivity index (χ0n) is 6.52. The first-order valence-corrected chi connectivity index (χ1v) is 3.75. The van der Waals surface area contributed by atoms with Gasteiger partial charge < -0.3 is 5.11 Å². The van der Waals surface area contributed by atoms with Crippen LogP contribution in [0, 0.1) is 11.3 Å². The van der Waals surface area contributed by atoms with Crippen molar-refractivity contribution < 1.29 is 5.11 Å². The van der Waals surface area contributed by atoms with E-state index in [1.165, 1.54) is 6.42 Å². The molecule has 0 amide bonds. The Morgan fingerprint density at radius 1 is 1.56 bits per heavy atom. The molecule has 54 valence electrons. The van der Waals surface area contributed by atoms with Crippen molar-refractivity contribution in [2.45, 2.75) is 39.7 Å². The zero-order chi connectivity index (χ0) is 7.07. The van der Waals surface area contributed by atoms with E-state index in [1.807, 2.05) is 0 Å². The Labute approximate surface area is 57.1 Å². The van der Waals surface area contributed by atoms with Gasteiger partial charge in [-0.05, 0) is 24.2 Å². The van der Waals surface area contributed by atoms with Crippen LogP contribution in [-0.4, -0.2) is 11.2 Å². The third-order valence-electron chi connectivity index (χ3n) is 3.04. The molecule has 1 heteroatoms. The van der Waals surface area contributed by atoms with Crippen LogP contribution in [0.25, 0.3) is 0 Å². The van der Waals surface area contributed by atoms with Gasteiger partial charge in [-0.2, -0.15) is 0 Å². The highest BCUT2D eigenvalue weighted by atomic mass is 16.3. The minimum Gasteiger partial charge on any atom is -0.393 e. The van der Waals surface area contributed by atoms with Gasteiger partial charge in [0.2, 0.25) is 0 Å². The van der Waals surface area contributed by atoms with Gasteiger partial charge in [0.25, 0.3) is 0 Å². The fraction of sp³-hybridized carbons (Fsp3) is 1.00. The van der Waals surface area contributed by atoms with Crippen LogP contribution in [0.5, 0.6) is 0 Å². The summed E-state index contributed by atoms with van der Waals surface area (Å²) >= 11 is 0. The maximum Gasteiger partial charge on any atom is 0.0596 e. The van der Waals surface area contributed by atoms with Crippen molar-refractivity contribution in [3.63, 3.8) is 0 Å². The van der Waals surface area contributed by atoms with Gasteiger partial charge >= 0.3 is 0 Å². The molecule has 1 aliphatic carbocycles. The van der Waals surface area contributed by atoms with Crippen LogP contribution in [0.3, 0.4) is 0 Å². The lowest BCUT2D eigenvalue weighted by Gasteiger charge is -2.47. The molecule has 1 saturated carbocycles. The van der Waals surface area contributed by atoms with Crippen LogP contribution in [0.4, 0.5) is 0 Å². The van der Waals surface area contributed by atoms with E-state index in [2.05, 4.69) is 20.8 Å². The highest BCUT2D eigenvalue weighted by Crippen LogP contribution is 2.46. The molecular weight excluding hydrogens is 112 g/mol. The van der Waals surface area contributed by atoms with Gasteiger partial charge in [-0.1, -0.05) is 20.8 Å². The van der Waals surface area contributed by atoms with E-state index in [1.54, 1.807) is 0 Å². The predicted octanol–water partition coefficient (Wildman–Crippen LogP) is 1.80. The molecule has 1 rings (SSSR count). The fourth-order valence-corrected chi connectivity index (χ4v) is 1.40. The second kappa shape index (κ2) is 1.98. The van der Waals surface area contributed by atoms with Gasteiger partial charge in [0.15, 0.2) is 0 Å². The maximum atomic E-state index is 9.34. The molecule has 1 nitrogen and oxygen atoms in total. The van der Waals surface area contributed by atoms with Gasteiger partial charge in [0, 0.05) is 0 Å². The second-order valence-corrected chi connectivity index (χ2v) is 3.71. The average molecular weight is 128 g/mol. The van der Waals surface area contributed by atoms with Crippen molar-refractivity contribution in [3.8, 4) is 0 Å². The molecular formula is C8H16O. The molecule has 0 aromatic carbocycles. The number of aliphatic hydroxyl groups is 1. The number of aliphatic hydroxyl groups excluding tert-OH is 1. The number of rotatable bonds is 1. The topological polar surface area (TPSA) is 20.2 Å². The Morgan fingerprint density at radius 2 is 2.11 bits per heavy atom. The molecule has 0 spiro atoms. The molecule has 0 aliphatic heterocycles. The Kier molecular flexibility index (Phi) is 1.55. The molecule has 0 radical (unpaired) electrons. The standard InChI is InChI=1S/C8H16O/c1-6(2)8(3)5-4-7(8)9/h6-7,9H,4-5H2,1-3H3. The monoisotopic (exact) mass is 128 g/mol. The molecule has 1 N–H and O–H groups in total. The molecule has 1 fully saturated rings. The van der Waals surface area contributed by atoms with Gasteiger partial charge in [-0.25, -0.2) is 0 Å². The summed E-state index contributed by atoms with van der Waals surface area (Å²) in [7, 11) is 0. The Hall–Kier alpha value is -0.0400. The first-order valence-electron chi connectivity index (χ1n) is 3.75. The zero-order valence-corrected chi connectivity index (χ0v) is 6.52. The van der Waals surface area contributed by atoms with Crippen LogP contribution in [0.1, 0.15) is 33.6 Å². The van der Waals surface area contributed by atoms with E-state index in [-0.39, 0.29) is 11.5 Å². The molecule has 0 aromatic rings. The Balaban J connectivity index is 2.53. The lowest BCUT2D eigenvalue weighted by molar-refractivity contribution is -0.0816. The van der Waals surface area contributed by atoms with Gasteiger partial charge in [0.05, 0.1) is 6.10 Å². The summed E-state index contributed by atoms with van der Waals surface area (Å²) in [5, 5.41) is 9.34. The molecule has 9 heavy (non-hydrogen) atoms. The molecule has 2 unspecified atom stereocenters. The van der Waals surface area contributed by atoms with Crippen LogP contribution in [0.2, 0.25) is 0 Å². The van der Waals surface area contributed by atoms with Crippen molar-refractivity contribution in [1.29, 1.82) is 0 Å². The summed E-state index contributed by atoms with van der Waals surface area (Å²) in [6.45, 7) is 6.54. The third-order valence-corrected chi connectivity index (χ3v) is 3.04. The Bertz CT molecular complexity index is 102. The third kappa shape index (κ3) is 0.877. The second-order valence-electron chi connectivity index (χ2n) is 3.71. The number of hydrogen-bond acceptors (Lipinski definition) is 1. The van der Waals surface area contributed by atoms with E-state index in [9.17, 15) is 5.11 Å². The van der Waals surface area contributed by atoms with Gasteiger partial charge in [-0.15, -0.1) is 0 Å². The maximum absolute atomic E-state index is 9.34. The molecule has 1 aliphatic rings. The quantitative estimate of drug-likeness (QED) is 0.571. The summed E-state index contributed by atoms with van der Waals surface area (Å²) in [5.41, 5.74) is 0.236. The first-order chi connectivity index (χ1) is 4.07. The SMILES string of the molecule is CC(C)C1(C)CCC1O. The van der Waals surface area contributed by atoms with Crippen molar-refractivity contribution in [2.75, 3.05) is 0 Å². The van der Waals surface area contributed by atoms with Crippen molar-refractivity contribution in [1.82, 2.24) is 0 Å². The molecule has 0 aromatic heterocycles. The van der Waals surface area contributed by atoms with Crippen LogP contribution < -0.4 is 0 Å². The molecule has 2 atom stereocenters. The van der Waals surface area contributed by atoms with Crippen LogP contribution in [-0.2, 0) is 0 Å². The lowest BCUT2D eigenvalue weighted by atomic mass is 9.61. The minimum atomic E-state index is -0.0301. The summed E-state index contributed by atoms with van der Waals surface area (Å²) in [4.78, 5) is 0. The van der Waals surface area contributed by atoms with Crippen molar-refractivity contribution in [3.05, 3.63) is 0 Å². The summed E-state index contributed by atoms with van der Waals surface area (Å²) in [6, 6.07) is 0. The summed E-state index contributed by atoms with van der Waals surface area (Å²) < 4.78 is 0.